The van der Waals surface area contributed by atoms with Gasteiger partial charge in [0.25, 0.3) is 0 Å². The summed E-state index contributed by atoms with van der Waals surface area (Å²) in [6.45, 7) is 1.79. The average Bonchev–Trinajstić information content (AvgIpc) is 3.30. The standard InChI is InChI=1S/C25H35NO3/c27-23-21-15-6-7-16-22(21)29-24(19-11-4-5-12-19)25(23)28-18-10-2-1-3-13-20-14-8-9-17-26-20/h6-7,15-16,19-20,26H,1-5,8-14,17-18H2. The number of hydrogen-bond acceptors (Lipinski definition) is 4. The van der Waals surface area contributed by atoms with E-state index in [0.29, 0.717) is 29.2 Å². The zero-order valence-corrected chi connectivity index (χ0v) is 17.6. The molecule has 2 fully saturated rings. The van der Waals surface area contributed by atoms with E-state index in [9.17, 15) is 4.79 Å². The van der Waals surface area contributed by atoms with Gasteiger partial charge in [-0.15, -0.1) is 0 Å². The minimum Gasteiger partial charge on any atom is -0.486 e. The van der Waals surface area contributed by atoms with Crippen LogP contribution in [-0.2, 0) is 0 Å². The molecule has 1 N–H and O–H groups in total. The summed E-state index contributed by atoms with van der Waals surface area (Å²) in [5.41, 5.74) is 0.681. The van der Waals surface area contributed by atoms with Crippen LogP contribution < -0.4 is 15.5 Å². The molecular weight excluding hydrogens is 362 g/mol. The molecule has 4 rings (SSSR count). The summed E-state index contributed by atoms with van der Waals surface area (Å²) < 4.78 is 12.3. The fraction of sp³-hybridized carbons (Fsp3) is 0.640. The first-order chi connectivity index (χ1) is 14.3. The van der Waals surface area contributed by atoms with Crippen molar-refractivity contribution in [2.24, 2.45) is 0 Å². The van der Waals surface area contributed by atoms with Gasteiger partial charge in [0, 0.05) is 12.0 Å². The summed E-state index contributed by atoms with van der Waals surface area (Å²) in [5.74, 6) is 1.59. The van der Waals surface area contributed by atoms with Crippen molar-refractivity contribution in [2.75, 3.05) is 13.2 Å². The highest BCUT2D eigenvalue weighted by molar-refractivity contribution is 5.78. The molecule has 0 spiro atoms. The van der Waals surface area contributed by atoms with E-state index in [1.165, 1.54) is 57.9 Å². The third-order valence-electron chi connectivity index (χ3n) is 6.61. The number of para-hydroxylation sites is 1. The van der Waals surface area contributed by atoms with Crippen LogP contribution in [0.4, 0.5) is 0 Å². The molecule has 1 atom stereocenters. The normalized spacial score (nSPS) is 20.3. The molecular formula is C25H35NO3. The minimum absolute atomic E-state index is 0.00266. The first-order valence-corrected chi connectivity index (χ1v) is 11.7. The number of unbranched alkanes of at least 4 members (excludes halogenated alkanes) is 3. The van der Waals surface area contributed by atoms with Crippen LogP contribution in [0.15, 0.2) is 33.5 Å². The third kappa shape index (κ3) is 5.22. The predicted molar refractivity (Wildman–Crippen MR) is 118 cm³/mol. The first-order valence-electron chi connectivity index (χ1n) is 11.7. The quantitative estimate of drug-likeness (QED) is 0.534. The number of piperidine rings is 1. The van der Waals surface area contributed by atoms with Crippen LogP contribution >= 0.6 is 0 Å². The van der Waals surface area contributed by atoms with Gasteiger partial charge in [0.15, 0.2) is 5.76 Å². The number of benzene rings is 1. The lowest BCUT2D eigenvalue weighted by molar-refractivity contribution is 0.281. The number of nitrogens with one attached hydrogen (secondary N) is 1. The highest BCUT2D eigenvalue weighted by Crippen LogP contribution is 2.38. The van der Waals surface area contributed by atoms with Crippen molar-refractivity contribution in [1.82, 2.24) is 5.32 Å². The summed E-state index contributed by atoms with van der Waals surface area (Å²) in [6, 6.07) is 8.27. The Labute approximate surface area is 174 Å². The Morgan fingerprint density at radius 2 is 1.76 bits per heavy atom. The SMILES string of the molecule is O=c1c(OCCCCCCC2CCCCN2)c(C2CCCC2)oc2ccccc12. The molecule has 2 heterocycles. The Hall–Kier alpha value is -1.81. The number of fused-ring (bicyclic) bond motifs is 1. The van der Waals surface area contributed by atoms with E-state index < -0.39 is 0 Å². The van der Waals surface area contributed by atoms with Crippen molar-refractivity contribution in [3.05, 3.63) is 40.2 Å². The van der Waals surface area contributed by atoms with Gasteiger partial charge in [-0.1, -0.05) is 50.7 Å². The van der Waals surface area contributed by atoms with Gasteiger partial charge in [-0.05, 0) is 57.2 Å². The Morgan fingerprint density at radius 1 is 0.966 bits per heavy atom. The van der Waals surface area contributed by atoms with Crippen LogP contribution in [0.3, 0.4) is 0 Å². The monoisotopic (exact) mass is 397 g/mol. The Morgan fingerprint density at radius 3 is 2.59 bits per heavy atom. The molecule has 2 aromatic rings. The molecule has 158 valence electrons. The van der Waals surface area contributed by atoms with Crippen molar-refractivity contribution in [3.8, 4) is 5.75 Å². The van der Waals surface area contributed by atoms with Crippen LogP contribution in [0.25, 0.3) is 11.0 Å². The predicted octanol–water partition coefficient (Wildman–Crippen LogP) is 5.92. The maximum absolute atomic E-state index is 13.1. The van der Waals surface area contributed by atoms with E-state index in [1.54, 1.807) is 0 Å². The zero-order valence-electron chi connectivity index (χ0n) is 17.6. The minimum atomic E-state index is -0.00266. The number of hydrogen-bond donors (Lipinski definition) is 1. The highest BCUT2D eigenvalue weighted by atomic mass is 16.5. The first kappa shape index (κ1) is 20.5. The van der Waals surface area contributed by atoms with Gasteiger partial charge < -0.3 is 14.5 Å². The van der Waals surface area contributed by atoms with Crippen molar-refractivity contribution in [2.45, 2.75) is 89.0 Å². The van der Waals surface area contributed by atoms with Gasteiger partial charge in [-0.3, -0.25) is 4.79 Å². The lowest BCUT2D eigenvalue weighted by atomic mass is 9.99. The second kappa shape index (κ2) is 10.3. The maximum atomic E-state index is 13.1. The summed E-state index contributed by atoms with van der Waals surface area (Å²) in [4.78, 5) is 13.1. The molecule has 0 radical (unpaired) electrons. The summed E-state index contributed by atoms with van der Waals surface area (Å²) in [7, 11) is 0. The molecule has 1 aromatic carbocycles. The largest absolute Gasteiger partial charge is 0.486 e. The summed E-state index contributed by atoms with van der Waals surface area (Å²) in [6.07, 6.45) is 14.6. The van der Waals surface area contributed by atoms with Crippen LogP contribution in [0, 0.1) is 0 Å². The van der Waals surface area contributed by atoms with E-state index >= 15 is 0 Å². The topological polar surface area (TPSA) is 51.5 Å². The molecule has 1 aromatic heterocycles. The molecule has 4 heteroatoms. The molecule has 1 unspecified atom stereocenters. The molecule has 0 amide bonds. The molecule has 0 bridgehead atoms. The summed E-state index contributed by atoms with van der Waals surface area (Å²) >= 11 is 0. The second-order valence-electron chi connectivity index (χ2n) is 8.80. The van der Waals surface area contributed by atoms with Crippen molar-refractivity contribution in [3.63, 3.8) is 0 Å². The fourth-order valence-corrected chi connectivity index (χ4v) is 4.93. The van der Waals surface area contributed by atoms with Crippen LogP contribution in [0.5, 0.6) is 5.75 Å². The summed E-state index contributed by atoms with van der Waals surface area (Å²) in [5, 5.41) is 4.26. The lowest BCUT2D eigenvalue weighted by Crippen LogP contribution is -2.33. The third-order valence-corrected chi connectivity index (χ3v) is 6.61. The van der Waals surface area contributed by atoms with E-state index in [2.05, 4.69) is 5.32 Å². The van der Waals surface area contributed by atoms with Crippen LogP contribution in [-0.4, -0.2) is 19.2 Å². The van der Waals surface area contributed by atoms with E-state index in [0.717, 1.165) is 37.5 Å². The Kier molecular flexibility index (Phi) is 7.26. The highest BCUT2D eigenvalue weighted by Gasteiger charge is 2.26. The van der Waals surface area contributed by atoms with Crippen LogP contribution in [0.2, 0.25) is 0 Å². The molecule has 1 aliphatic carbocycles. The van der Waals surface area contributed by atoms with Gasteiger partial charge >= 0.3 is 0 Å². The molecule has 1 saturated carbocycles. The molecule has 2 aliphatic rings. The number of ether oxygens (including phenoxy) is 1. The second-order valence-corrected chi connectivity index (χ2v) is 8.80. The van der Waals surface area contributed by atoms with Crippen molar-refractivity contribution in [1.29, 1.82) is 0 Å². The molecule has 29 heavy (non-hydrogen) atoms. The maximum Gasteiger partial charge on any atom is 0.234 e. The molecule has 4 nitrogen and oxygen atoms in total. The van der Waals surface area contributed by atoms with Gasteiger partial charge in [0.05, 0.1) is 12.0 Å². The Balaban J connectivity index is 1.31. The fourth-order valence-electron chi connectivity index (χ4n) is 4.93. The van der Waals surface area contributed by atoms with E-state index in [-0.39, 0.29) is 5.43 Å². The van der Waals surface area contributed by atoms with E-state index in [4.69, 9.17) is 9.15 Å². The molecule has 1 saturated heterocycles. The lowest BCUT2D eigenvalue weighted by Gasteiger charge is -2.23. The molecule has 1 aliphatic heterocycles. The van der Waals surface area contributed by atoms with E-state index in [1.807, 2.05) is 24.3 Å². The smallest absolute Gasteiger partial charge is 0.234 e. The van der Waals surface area contributed by atoms with Gasteiger partial charge in [0.2, 0.25) is 11.2 Å². The van der Waals surface area contributed by atoms with Crippen molar-refractivity contribution >= 4 is 11.0 Å². The van der Waals surface area contributed by atoms with Crippen molar-refractivity contribution < 1.29 is 9.15 Å². The van der Waals surface area contributed by atoms with Gasteiger partial charge in [-0.2, -0.15) is 0 Å². The average molecular weight is 398 g/mol. The Bertz CT molecular complexity index is 832. The van der Waals surface area contributed by atoms with Gasteiger partial charge in [0.1, 0.15) is 5.58 Å². The van der Waals surface area contributed by atoms with Crippen LogP contribution in [0.1, 0.15) is 88.7 Å². The van der Waals surface area contributed by atoms with Gasteiger partial charge in [-0.25, -0.2) is 0 Å². The number of rotatable bonds is 9. The zero-order chi connectivity index (χ0) is 19.9.